The number of aromatic nitrogens is 2. The van der Waals surface area contributed by atoms with Crippen LogP contribution in [-0.2, 0) is 25.7 Å². The molecule has 12 nitrogen and oxygen atoms in total. The van der Waals surface area contributed by atoms with Crippen LogP contribution < -0.4 is 10.2 Å². The number of benzene rings is 1. The summed E-state index contributed by atoms with van der Waals surface area (Å²) in [4.78, 5) is 60.6. The van der Waals surface area contributed by atoms with Crippen molar-refractivity contribution < 1.29 is 23.7 Å². The molecule has 3 aliphatic rings. The highest BCUT2D eigenvalue weighted by Gasteiger charge is 2.43. The van der Waals surface area contributed by atoms with Gasteiger partial charge in [-0.15, -0.1) is 0 Å². The van der Waals surface area contributed by atoms with Gasteiger partial charge in [0.15, 0.2) is 0 Å². The molecule has 1 aromatic carbocycles. The number of likely N-dealkylation sites (N-methyl/N-ethyl adjacent to an activating group) is 2. The summed E-state index contributed by atoms with van der Waals surface area (Å²) in [6, 6.07) is 6.96. The number of hydrogen-bond acceptors (Lipinski definition) is 10. The van der Waals surface area contributed by atoms with Crippen molar-refractivity contribution in [2.75, 3.05) is 45.2 Å². The maximum absolute atomic E-state index is 13.0. The third-order valence-corrected chi connectivity index (χ3v) is 6.68. The molecule has 0 spiro atoms. The second-order valence-corrected chi connectivity index (χ2v) is 9.22. The van der Waals surface area contributed by atoms with E-state index < -0.39 is 29.7 Å². The van der Waals surface area contributed by atoms with Gasteiger partial charge in [0, 0.05) is 57.0 Å². The second-order valence-electron chi connectivity index (χ2n) is 9.22. The number of piperidine rings is 1. The summed E-state index contributed by atoms with van der Waals surface area (Å²) in [7, 11) is 3.74. The van der Waals surface area contributed by atoms with Crippen LogP contribution in [0.2, 0.25) is 0 Å². The van der Waals surface area contributed by atoms with Crippen molar-refractivity contribution in [2.45, 2.75) is 25.4 Å². The Morgan fingerprint density at radius 1 is 1.14 bits per heavy atom. The second kappa shape index (κ2) is 9.53. The molecule has 188 valence electrons. The van der Waals surface area contributed by atoms with E-state index in [0.29, 0.717) is 5.82 Å². The predicted octanol–water partition coefficient (Wildman–Crippen LogP) is -0.0219. The maximum atomic E-state index is 13.0. The van der Waals surface area contributed by atoms with Gasteiger partial charge in [-0.3, -0.25) is 29.4 Å². The van der Waals surface area contributed by atoms with Crippen LogP contribution in [0.25, 0.3) is 11.4 Å². The minimum absolute atomic E-state index is 0.0689. The van der Waals surface area contributed by atoms with Gasteiger partial charge in [0.25, 0.3) is 11.8 Å². The molecule has 0 aliphatic carbocycles. The lowest BCUT2D eigenvalue weighted by Gasteiger charge is -2.34. The monoisotopic (exact) mass is 493 g/mol. The van der Waals surface area contributed by atoms with Crippen molar-refractivity contribution in [1.29, 1.82) is 0 Å². The van der Waals surface area contributed by atoms with Gasteiger partial charge in [0.05, 0.1) is 6.54 Å². The fourth-order valence-corrected chi connectivity index (χ4v) is 4.60. The molecule has 3 aliphatic heterocycles. The van der Waals surface area contributed by atoms with E-state index in [2.05, 4.69) is 38.4 Å². The number of nitrogens with zero attached hydrogens (tertiary/aromatic N) is 6. The molecule has 1 unspecified atom stereocenters. The van der Waals surface area contributed by atoms with Gasteiger partial charge >= 0.3 is 0 Å². The van der Waals surface area contributed by atoms with Crippen molar-refractivity contribution in [3.05, 3.63) is 41.9 Å². The van der Waals surface area contributed by atoms with Crippen molar-refractivity contribution in [1.82, 2.24) is 30.2 Å². The Morgan fingerprint density at radius 2 is 1.92 bits per heavy atom. The van der Waals surface area contributed by atoms with Crippen LogP contribution in [0, 0.1) is 0 Å². The number of carbonyl (C=O) groups is 4. The molecule has 2 aromatic rings. The Hall–Kier alpha value is -4.06. The van der Waals surface area contributed by atoms with Crippen LogP contribution in [0.15, 0.2) is 40.6 Å². The standard InChI is InChI=1S/C24H27N7O5/c1-28-8-10-30(11-9-28)16-5-3-4-15(12-16)22-26-20(36-27-22)14-29(2)18-13-21(33)31(24(18)35)17-6-7-19(32)25-23(17)34/h3-5,12-13,17H,6-11,14H2,1-2H3,(H,25,32,34). The van der Waals surface area contributed by atoms with Crippen molar-refractivity contribution in [3.8, 4) is 11.4 Å². The third-order valence-electron chi connectivity index (χ3n) is 6.68. The summed E-state index contributed by atoms with van der Waals surface area (Å²) in [5, 5.41) is 6.27. The Balaban J connectivity index is 1.25. The third kappa shape index (κ3) is 4.59. The number of rotatable bonds is 6. The van der Waals surface area contributed by atoms with Gasteiger partial charge < -0.3 is 19.2 Å². The molecule has 1 atom stereocenters. The number of carbonyl (C=O) groups excluding carboxylic acids is 4. The van der Waals surface area contributed by atoms with Gasteiger partial charge in [-0.1, -0.05) is 17.3 Å². The van der Waals surface area contributed by atoms with Crippen molar-refractivity contribution in [2.24, 2.45) is 0 Å². The molecule has 5 rings (SSSR count). The number of amides is 4. The first-order valence-corrected chi connectivity index (χ1v) is 11.8. The summed E-state index contributed by atoms with van der Waals surface area (Å²) >= 11 is 0. The summed E-state index contributed by atoms with van der Waals surface area (Å²) in [5.74, 6) is -1.55. The van der Waals surface area contributed by atoms with E-state index in [-0.39, 0.29) is 31.0 Å². The summed E-state index contributed by atoms with van der Waals surface area (Å²) in [5.41, 5.74) is 2.03. The molecule has 1 N–H and O–H groups in total. The lowest BCUT2D eigenvalue weighted by molar-refractivity contribution is -0.150. The Morgan fingerprint density at radius 3 is 2.67 bits per heavy atom. The number of hydrogen-bond donors (Lipinski definition) is 1. The highest BCUT2D eigenvalue weighted by atomic mass is 16.5. The van der Waals surface area contributed by atoms with Crippen LogP contribution in [0.4, 0.5) is 5.69 Å². The highest BCUT2D eigenvalue weighted by Crippen LogP contribution is 2.26. The molecule has 4 amide bonds. The van der Waals surface area contributed by atoms with Gasteiger partial charge in [-0.2, -0.15) is 4.98 Å². The first-order chi connectivity index (χ1) is 17.3. The smallest absolute Gasteiger partial charge is 0.277 e. The molecule has 4 heterocycles. The molecular formula is C24H27N7O5. The SMILES string of the molecule is CN1CCN(c2cccc(-c3noc(CN(C)C4=CC(=O)N(C5CCC(=O)NC5=O)C4=O)n3)c2)CC1. The number of piperazine rings is 1. The van der Waals surface area contributed by atoms with E-state index in [1.54, 1.807) is 7.05 Å². The zero-order valence-electron chi connectivity index (χ0n) is 20.1. The molecule has 1 aromatic heterocycles. The minimum atomic E-state index is -1.01. The Labute approximate surface area is 207 Å². The molecule has 12 heteroatoms. The van der Waals surface area contributed by atoms with E-state index in [1.807, 2.05) is 18.2 Å². The van der Waals surface area contributed by atoms with Gasteiger partial charge in [0.1, 0.15) is 11.7 Å². The van der Waals surface area contributed by atoms with E-state index in [0.717, 1.165) is 42.3 Å². The predicted molar refractivity (Wildman–Crippen MR) is 127 cm³/mol. The molecular weight excluding hydrogens is 466 g/mol. The van der Waals surface area contributed by atoms with E-state index in [1.165, 1.54) is 11.0 Å². The fourth-order valence-electron chi connectivity index (χ4n) is 4.60. The first kappa shape index (κ1) is 23.7. The normalized spacial score (nSPS) is 21.2. The lowest BCUT2D eigenvalue weighted by atomic mass is 10.0. The molecule has 0 radical (unpaired) electrons. The Bertz CT molecular complexity index is 1250. The van der Waals surface area contributed by atoms with Crippen molar-refractivity contribution >= 4 is 29.3 Å². The average Bonchev–Trinajstić information content (AvgIpc) is 3.44. The van der Waals surface area contributed by atoms with Crippen LogP contribution in [-0.4, -0.2) is 94.8 Å². The first-order valence-electron chi connectivity index (χ1n) is 11.8. The van der Waals surface area contributed by atoms with Crippen LogP contribution >= 0.6 is 0 Å². The van der Waals surface area contributed by atoms with E-state index >= 15 is 0 Å². The van der Waals surface area contributed by atoms with Crippen LogP contribution in [0.3, 0.4) is 0 Å². The average molecular weight is 494 g/mol. The van der Waals surface area contributed by atoms with E-state index in [4.69, 9.17) is 4.52 Å². The number of nitrogens with one attached hydrogen (secondary N) is 1. The summed E-state index contributed by atoms with van der Waals surface area (Å²) in [6.07, 6.45) is 1.36. The lowest BCUT2D eigenvalue weighted by Crippen LogP contribution is -2.54. The largest absolute Gasteiger partial charge is 0.369 e. The van der Waals surface area contributed by atoms with Crippen LogP contribution in [0.5, 0.6) is 0 Å². The molecule has 36 heavy (non-hydrogen) atoms. The van der Waals surface area contributed by atoms with Crippen LogP contribution in [0.1, 0.15) is 18.7 Å². The zero-order valence-corrected chi connectivity index (χ0v) is 20.1. The summed E-state index contributed by atoms with van der Waals surface area (Å²) in [6.45, 7) is 3.99. The zero-order chi connectivity index (χ0) is 25.4. The molecule has 2 saturated heterocycles. The Kier molecular flexibility index (Phi) is 6.27. The van der Waals surface area contributed by atoms with Gasteiger partial charge in [-0.05, 0) is 25.6 Å². The summed E-state index contributed by atoms with van der Waals surface area (Å²) < 4.78 is 5.42. The maximum Gasteiger partial charge on any atom is 0.277 e. The molecule has 0 saturated carbocycles. The number of imide groups is 2. The highest BCUT2D eigenvalue weighted by molar-refractivity contribution is 6.18. The van der Waals surface area contributed by atoms with Crippen molar-refractivity contribution in [3.63, 3.8) is 0 Å². The minimum Gasteiger partial charge on any atom is -0.369 e. The quantitative estimate of drug-likeness (QED) is 0.548. The van der Waals surface area contributed by atoms with E-state index in [9.17, 15) is 19.2 Å². The fraction of sp³-hybridized carbons (Fsp3) is 0.417. The van der Waals surface area contributed by atoms with Gasteiger partial charge in [-0.25, -0.2) is 0 Å². The number of anilines is 1. The molecule has 0 bridgehead atoms. The van der Waals surface area contributed by atoms with Gasteiger partial charge in [0.2, 0.25) is 23.5 Å². The topological polar surface area (TPSA) is 132 Å². The molecule has 2 fully saturated rings.